The van der Waals surface area contributed by atoms with Gasteiger partial charge in [-0.3, -0.25) is 14.5 Å². The van der Waals surface area contributed by atoms with Crippen molar-refractivity contribution in [2.45, 2.75) is 6.54 Å². The van der Waals surface area contributed by atoms with Crippen LogP contribution in [-0.4, -0.2) is 41.5 Å². The standard InChI is InChI=1S/C12H14N2O3S/c1-2-5-14(9-12(16)17)8-11(15)13-7-10-4-3-6-18-10/h1,3-4,6H,5,7-9H2,(H,13,15)(H,16,17). The maximum Gasteiger partial charge on any atom is 0.317 e. The molecular formula is C12H14N2O3S. The second-order valence-electron chi connectivity index (χ2n) is 3.60. The second kappa shape index (κ2) is 7.48. The first kappa shape index (κ1) is 14.2. The van der Waals surface area contributed by atoms with Crippen molar-refractivity contribution in [3.8, 4) is 12.3 Å². The largest absolute Gasteiger partial charge is 0.480 e. The number of aliphatic carboxylic acids is 1. The van der Waals surface area contributed by atoms with E-state index in [2.05, 4.69) is 11.2 Å². The maximum absolute atomic E-state index is 11.6. The topological polar surface area (TPSA) is 69.6 Å². The summed E-state index contributed by atoms with van der Waals surface area (Å²) in [6.45, 7) is 0.338. The molecule has 0 saturated heterocycles. The quantitative estimate of drug-likeness (QED) is 0.700. The van der Waals surface area contributed by atoms with Crippen molar-refractivity contribution >= 4 is 23.2 Å². The summed E-state index contributed by atoms with van der Waals surface area (Å²) in [5.74, 6) is 1.09. The summed E-state index contributed by atoms with van der Waals surface area (Å²) in [6, 6.07) is 3.82. The lowest BCUT2D eigenvalue weighted by Crippen LogP contribution is -2.39. The van der Waals surface area contributed by atoms with Crippen molar-refractivity contribution in [2.24, 2.45) is 0 Å². The summed E-state index contributed by atoms with van der Waals surface area (Å²) in [4.78, 5) is 24.6. The third kappa shape index (κ3) is 5.48. The Morgan fingerprint density at radius 3 is 2.83 bits per heavy atom. The lowest BCUT2D eigenvalue weighted by Gasteiger charge is -2.16. The maximum atomic E-state index is 11.6. The minimum Gasteiger partial charge on any atom is -0.480 e. The van der Waals surface area contributed by atoms with Gasteiger partial charge in [0.25, 0.3) is 0 Å². The molecule has 0 unspecified atom stereocenters. The average molecular weight is 266 g/mol. The van der Waals surface area contributed by atoms with E-state index in [-0.39, 0.29) is 25.5 Å². The number of terminal acetylenes is 1. The number of nitrogens with zero attached hydrogens (tertiary/aromatic N) is 1. The molecule has 2 N–H and O–H groups in total. The van der Waals surface area contributed by atoms with Crippen LogP contribution in [0.1, 0.15) is 4.88 Å². The first-order chi connectivity index (χ1) is 8.61. The van der Waals surface area contributed by atoms with Crippen molar-refractivity contribution in [3.05, 3.63) is 22.4 Å². The van der Waals surface area contributed by atoms with Crippen LogP contribution in [-0.2, 0) is 16.1 Å². The molecule has 96 valence electrons. The third-order valence-corrected chi connectivity index (χ3v) is 2.96. The minimum absolute atomic E-state index is 0.0120. The van der Waals surface area contributed by atoms with Crippen molar-refractivity contribution < 1.29 is 14.7 Å². The van der Waals surface area contributed by atoms with Crippen molar-refractivity contribution in [3.63, 3.8) is 0 Å². The van der Waals surface area contributed by atoms with Gasteiger partial charge in [-0.2, -0.15) is 0 Å². The summed E-state index contributed by atoms with van der Waals surface area (Å²) >= 11 is 1.55. The van der Waals surface area contributed by atoms with Gasteiger partial charge in [0.2, 0.25) is 5.91 Å². The molecule has 0 aliphatic rings. The van der Waals surface area contributed by atoms with E-state index < -0.39 is 5.97 Å². The Morgan fingerprint density at radius 2 is 2.28 bits per heavy atom. The molecule has 0 radical (unpaired) electrons. The van der Waals surface area contributed by atoms with Gasteiger partial charge >= 0.3 is 5.97 Å². The Morgan fingerprint density at radius 1 is 1.50 bits per heavy atom. The molecule has 1 aromatic rings. The summed E-state index contributed by atoms with van der Waals surface area (Å²) in [6.07, 6.45) is 5.12. The number of hydrogen-bond acceptors (Lipinski definition) is 4. The van der Waals surface area contributed by atoms with Crippen LogP contribution in [0.4, 0.5) is 0 Å². The molecule has 0 atom stereocenters. The molecule has 1 amide bonds. The summed E-state index contributed by atoms with van der Waals surface area (Å²) in [7, 11) is 0. The van der Waals surface area contributed by atoms with Crippen molar-refractivity contribution in [1.29, 1.82) is 0 Å². The fraction of sp³-hybridized carbons (Fsp3) is 0.333. The molecule has 0 bridgehead atoms. The number of carboxylic acids is 1. The molecule has 0 saturated carbocycles. The number of carbonyl (C=O) groups is 2. The van der Waals surface area contributed by atoms with Crippen molar-refractivity contribution in [1.82, 2.24) is 10.2 Å². The van der Waals surface area contributed by atoms with Gasteiger partial charge < -0.3 is 10.4 Å². The molecule has 0 aromatic carbocycles. The van der Waals surface area contributed by atoms with Crippen LogP contribution in [0.25, 0.3) is 0 Å². The van der Waals surface area contributed by atoms with Gasteiger partial charge in [0.1, 0.15) is 0 Å². The molecule has 0 fully saturated rings. The third-order valence-electron chi connectivity index (χ3n) is 2.08. The zero-order valence-electron chi connectivity index (χ0n) is 9.76. The SMILES string of the molecule is C#CCN(CC(=O)O)CC(=O)NCc1cccs1. The molecule has 0 aliphatic carbocycles. The molecule has 0 spiro atoms. The zero-order valence-corrected chi connectivity index (χ0v) is 10.6. The number of hydrogen-bond donors (Lipinski definition) is 2. The van der Waals surface area contributed by atoms with Crippen LogP contribution in [0.3, 0.4) is 0 Å². The molecular weight excluding hydrogens is 252 g/mol. The molecule has 1 heterocycles. The highest BCUT2D eigenvalue weighted by molar-refractivity contribution is 7.09. The smallest absolute Gasteiger partial charge is 0.317 e. The van der Waals surface area contributed by atoms with E-state index in [9.17, 15) is 9.59 Å². The van der Waals surface area contributed by atoms with E-state index in [1.54, 1.807) is 11.3 Å². The van der Waals surface area contributed by atoms with Crippen LogP contribution in [0.15, 0.2) is 17.5 Å². The van der Waals surface area contributed by atoms with Gasteiger partial charge in [-0.1, -0.05) is 12.0 Å². The highest BCUT2D eigenvalue weighted by Gasteiger charge is 2.12. The number of thiophene rings is 1. The Kier molecular flexibility index (Phi) is 5.91. The van der Waals surface area contributed by atoms with Crippen molar-refractivity contribution in [2.75, 3.05) is 19.6 Å². The van der Waals surface area contributed by atoms with Gasteiger partial charge in [-0.15, -0.1) is 17.8 Å². The molecule has 18 heavy (non-hydrogen) atoms. The second-order valence-corrected chi connectivity index (χ2v) is 4.63. The predicted octanol–water partition coefficient (Wildman–Crippen LogP) is 0.384. The number of rotatable bonds is 7. The van der Waals surface area contributed by atoms with E-state index in [0.717, 1.165) is 4.88 Å². The number of carbonyl (C=O) groups excluding carboxylic acids is 1. The highest BCUT2D eigenvalue weighted by Crippen LogP contribution is 2.07. The number of carboxylic acid groups (broad SMARTS) is 1. The predicted molar refractivity (Wildman–Crippen MR) is 69.1 cm³/mol. The lowest BCUT2D eigenvalue weighted by molar-refractivity contribution is -0.138. The first-order valence-electron chi connectivity index (χ1n) is 5.28. The summed E-state index contributed by atoms with van der Waals surface area (Å²) in [5, 5.41) is 13.3. The van der Waals surface area contributed by atoms with Crippen LogP contribution in [0, 0.1) is 12.3 Å². The van der Waals surface area contributed by atoms with Gasteiger partial charge in [-0.05, 0) is 11.4 Å². The van der Waals surface area contributed by atoms with Gasteiger partial charge in [-0.25, -0.2) is 0 Å². The van der Waals surface area contributed by atoms with Crippen LogP contribution in [0.5, 0.6) is 0 Å². The normalized spacial score (nSPS) is 10.0. The van der Waals surface area contributed by atoms with E-state index in [0.29, 0.717) is 6.54 Å². The molecule has 6 heteroatoms. The fourth-order valence-electron chi connectivity index (χ4n) is 1.35. The number of amides is 1. The lowest BCUT2D eigenvalue weighted by atomic mass is 10.4. The van der Waals surface area contributed by atoms with Gasteiger partial charge in [0, 0.05) is 4.88 Å². The van der Waals surface area contributed by atoms with E-state index in [1.165, 1.54) is 4.90 Å². The van der Waals surface area contributed by atoms with Crippen LogP contribution >= 0.6 is 11.3 Å². The Labute approximate surface area is 109 Å². The van der Waals surface area contributed by atoms with E-state index >= 15 is 0 Å². The van der Waals surface area contributed by atoms with Crippen LogP contribution in [0.2, 0.25) is 0 Å². The Bertz CT molecular complexity index is 437. The summed E-state index contributed by atoms with van der Waals surface area (Å²) in [5.41, 5.74) is 0. The van der Waals surface area contributed by atoms with Crippen LogP contribution < -0.4 is 5.32 Å². The molecule has 1 rings (SSSR count). The van der Waals surface area contributed by atoms with E-state index in [1.807, 2.05) is 17.5 Å². The number of nitrogens with one attached hydrogen (secondary N) is 1. The molecule has 5 nitrogen and oxygen atoms in total. The first-order valence-corrected chi connectivity index (χ1v) is 6.16. The molecule has 0 aliphatic heterocycles. The Balaban J connectivity index is 2.36. The molecule has 1 aromatic heterocycles. The fourth-order valence-corrected chi connectivity index (χ4v) is 1.99. The zero-order chi connectivity index (χ0) is 13.4. The highest BCUT2D eigenvalue weighted by atomic mass is 32.1. The van der Waals surface area contributed by atoms with Gasteiger partial charge in [0.05, 0.1) is 26.2 Å². The van der Waals surface area contributed by atoms with Gasteiger partial charge in [0.15, 0.2) is 0 Å². The monoisotopic (exact) mass is 266 g/mol. The van der Waals surface area contributed by atoms with E-state index in [4.69, 9.17) is 11.5 Å². The minimum atomic E-state index is -1.00. The summed E-state index contributed by atoms with van der Waals surface area (Å²) < 4.78 is 0. The average Bonchev–Trinajstić information content (AvgIpc) is 2.78. The Hall–Kier alpha value is -1.84.